The summed E-state index contributed by atoms with van der Waals surface area (Å²) < 4.78 is 0. The van der Waals surface area contributed by atoms with E-state index >= 15 is 0 Å². The maximum Gasteiger partial charge on any atom is 0.336 e. The average molecular weight is 310 g/mol. The third-order valence-corrected chi connectivity index (χ3v) is 3.37. The Bertz CT molecular complexity index is 693. The highest BCUT2D eigenvalue weighted by atomic mass is 35.5. The van der Waals surface area contributed by atoms with E-state index < -0.39 is 11.8 Å². The first-order valence-electron chi connectivity index (χ1n) is 5.54. The normalized spacial score (nSPS) is 10.3. The molecule has 0 aliphatic rings. The van der Waals surface area contributed by atoms with Crippen LogP contribution in [0.4, 0.5) is 5.69 Å². The van der Waals surface area contributed by atoms with Crippen LogP contribution in [0.25, 0.3) is 0 Å². The lowest BCUT2D eigenvalue weighted by molar-refractivity contribution is 0.0693. The van der Waals surface area contributed by atoms with Crippen LogP contribution in [-0.2, 0) is 0 Å². The van der Waals surface area contributed by atoms with Gasteiger partial charge in [0.05, 0.1) is 26.7 Å². The van der Waals surface area contributed by atoms with Crippen molar-refractivity contribution in [3.63, 3.8) is 0 Å². The topological polar surface area (TPSA) is 80.4 Å². The van der Waals surface area contributed by atoms with E-state index in [4.69, 9.17) is 34.0 Å². The Labute approximate surface area is 124 Å². The van der Waals surface area contributed by atoms with E-state index in [1.807, 2.05) is 0 Å². The predicted molar refractivity (Wildman–Crippen MR) is 77.7 cm³/mol. The number of benzene rings is 2. The molecule has 0 aliphatic heterocycles. The van der Waals surface area contributed by atoms with Crippen LogP contribution in [0, 0.1) is 0 Å². The molecule has 0 unspecified atom stereocenters. The number of aromatic carboxylic acids is 1. The largest absolute Gasteiger partial charge is 0.478 e. The number of carboxylic acid groups (broad SMARTS) is 1. The summed E-state index contributed by atoms with van der Waals surface area (Å²) in [5, 5.41) is 9.33. The maximum absolute atomic E-state index is 12.5. The van der Waals surface area contributed by atoms with Crippen LogP contribution < -0.4 is 5.73 Å². The summed E-state index contributed by atoms with van der Waals surface area (Å²) >= 11 is 11.9. The lowest BCUT2D eigenvalue weighted by Gasteiger charge is -2.10. The minimum absolute atomic E-state index is 0.0363. The van der Waals surface area contributed by atoms with Gasteiger partial charge in [0, 0.05) is 5.69 Å². The molecule has 0 saturated carbocycles. The molecule has 0 spiro atoms. The molecule has 0 saturated heterocycles. The molecule has 0 aromatic heterocycles. The van der Waals surface area contributed by atoms with E-state index in [1.54, 1.807) is 6.07 Å². The highest BCUT2D eigenvalue weighted by molar-refractivity contribution is 6.39. The summed E-state index contributed by atoms with van der Waals surface area (Å²) in [6.45, 7) is 0. The SMILES string of the molecule is Nc1cccc(Cl)c1C(=O)c1c(Cl)cccc1C(=O)O. The zero-order chi connectivity index (χ0) is 14.9. The summed E-state index contributed by atoms with van der Waals surface area (Å²) in [5.41, 5.74) is 5.64. The highest BCUT2D eigenvalue weighted by Crippen LogP contribution is 2.29. The molecular formula is C14H9Cl2NO3. The Morgan fingerprint density at radius 1 is 0.950 bits per heavy atom. The van der Waals surface area contributed by atoms with E-state index in [0.717, 1.165) is 0 Å². The Balaban J connectivity index is 2.69. The molecule has 0 fully saturated rings. The number of anilines is 1. The van der Waals surface area contributed by atoms with E-state index in [-0.39, 0.29) is 32.4 Å². The molecular weight excluding hydrogens is 301 g/mol. The van der Waals surface area contributed by atoms with Crippen molar-refractivity contribution in [1.29, 1.82) is 0 Å². The predicted octanol–water partition coefficient (Wildman–Crippen LogP) is 3.50. The first kappa shape index (κ1) is 14.4. The zero-order valence-corrected chi connectivity index (χ0v) is 11.6. The molecule has 2 aromatic rings. The van der Waals surface area contributed by atoms with Gasteiger partial charge in [-0.2, -0.15) is 0 Å². The van der Waals surface area contributed by atoms with Crippen molar-refractivity contribution in [2.24, 2.45) is 0 Å². The molecule has 0 aliphatic carbocycles. The molecule has 0 atom stereocenters. The van der Waals surface area contributed by atoms with Crippen molar-refractivity contribution in [3.8, 4) is 0 Å². The zero-order valence-electron chi connectivity index (χ0n) is 10.1. The molecule has 6 heteroatoms. The summed E-state index contributed by atoms with van der Waals surface area (Å²) in [4.78, 5) is 23.7. The van der Waals surface area contributed by atoms with Gasteiger partial charge in [0.15, 0.2) is 5.78 Å². The molecule has 2 aromatic carbocycles. The van der Waals surface area contributed by atoms with Crippen LogP contribution in [0.5, 0.6) is 0 Å². The first-order chi connectivity index (χ1) is 9.43. The van der Waals surface area contributed by atoms with Crippen molar-refractivity contribution in [2.75, 3.05) is 5.73 Å². The molecule has 0 bridgehead atoms. The number of hydrogen-bond acceptors (Lipinski definition) is 3. The number of nitrogens with two attached hydrogens (primary N) is 1. The van der Waals surface area contributed by atoms with Crippen molar-refractivity contribution in [3.05, 3.63) is 63.1 Å². The number of carboxylic acids is 1. The molecule has 2 rings (SSSR count). The first-order valence-corrected chi connectivity index (χ1v) is 6.29. The van der Waals surface area contributed by atoms with Crippen molar-refractivity contribution < 1.29 is 14.7 Å². The molecule has 20 heavy (non-hydrogen) atoms. The van der Waals surface area contributed by atoms with Gasteiger partial charge in [0.2, 0.25) is 0 Å². The van der Waals surface area contributed by atoms with E-state index in [1.165, 1.54) is 30.3 Å². The monoisotopic (exact) mass is 309 g/mol. The fraction of sp³-hybridized carbons (Fsp3) is 0. The standard InChI is InChI=1S/C14H9Cl2NO3/c15-8-4-1-3-7(14(19)20)11(8)13(18)12-9(16)5-2-6-10(12)17/h1-6H,17H2,(H,19,20). The van der Waals surface area contributed by atoms with E-state index in [2.05, 4.69) is 0 Å². The molecule has 0 radical (unpaired) electrons. The number of ketones is 1. The quantitative estimate of drug-likeness (QED) is 0.671. The molecule has 0 amide bonds. The van der Waals surface area contributed by atoms with Crippen LogP contribution in [0.15, 0.2) is 36.4 Å². The lowest BCUT2D eigenvalue weighted by atomic mass is 9.97. The highest BCUT2D eigenvalue weighted by Gasteiger charge is 2.24. The van der Waals surface area contributed by atoms with Crippen molar-refractivity contribution in [2.45, 2.75) is 0 Å². The summed E-state index contributed by atoms with van der Waals surface area (Å²) in [5.74, 6) is -1.86. The minimum Gasteiger partial charge on any atom is -0.478 e. The third kappa shape index (κ3) is 2.48. The van der Waals surface area contributed by atoms with Gasteiger partial charge in [0.1, 0.15) is 0 Å². The van der Waals surface area contributed by atoms with Gasteiger partial charge in [-0.3, -0.25) is 4.79 Å². The third-order valence-electron chi connectivity index (χ3n) is 2.74. The summed E-state index contributed by atoms with van der Waals surface area (Å²) in [7, 11) is 0. The maximum atomic E-state index is 12.5. The van der Waals surface area contributed by atoms with E-state index in [9.17, 15) is 9.59 Å². The Hall–Kier alpha value is -2.04. The van der Waals surface area contributed by atoms with Gasteiger partial charge in [-0.25, -0.2) is 4.79 Å². The number of carbonyl (C=O) groups is 2. The smallest absolute Gasteiger partial charge is 0.336 e. The molecule has 4 nitrogen and oxygen atoms in total. The van der Waals surface area contributed by atoms with Crippen LogP contribution in [0.2, 0.25) is 10.0 Å². The molecule has 102 valence electrons. The lowest BCUT2D eigenvalue weighted by Crippen LogP contribution is -2.12. The second kappa shape index (κ2) is 5.53. The van der Waals surface area contributed by atoms with Crippen LogP contribution in [0.1, 0.15) is 26.3 Å². The van der Waals surface area contributed by atoms with Crippen LogP contribution >= 0.6 is 23.2 Å². The Morgan fingerprint density at radius 2 is 1.50 bits per heavy atom. The fourth-order valence-electron chi connectivity index (χ4n) is 1.84. The molecule has 3 N–H and O–H groups in total. The van der Waals surface area contributed by atoms with Gasteiger partial charge in [-0.15, -0.1) is 0 Å². The summed E-state index contributed by atoms with van der Waals surface area (Å²) in [6, 6.07) is 8.80. The van der Waals surface area contributed by atoms with Crippen molar-refractivity contribution >= 4 is 40.6 Å². The van der Waals surface area contributed by atoms with Crippen LogP contribution in [0.3, 0.4) is 0 Å². The van der Waals surface area contributed by atoms with Gasteiger partial charge in [0.25, 0.3) is 0 Å². The minimum atomic E-state index is -1.25. The molecule has 0 heterocycles. The second-order valence-corrected chi connectivity index (χ2v) is 4.82. The van der Waals surface area contributed by atoms with Gasteiger partial charge in [-0.05, 0) is 24.3 Å². The fourth-order valence-corrected chi connectivity index (χ4v) is 2.37. The second-order valence-electron chi connectivity index (χ2n) is 4.00. The Kier molecular flexibility index (Phi) is 3.97. The van der Waals surface area contributed by atoms with Crippen molar-refractivity contribution in [1.82, 2.24) is 0 Å². The number of hydrogen-bond donors (Lipinski definition) is 2. The van der Waals surface area contributed by atoms with E-state index in [0.29, 0.717) is 0 Å². The number of rotatable bonds is 3. The van der Waals surface area contributed by atoms with Gasteiger partial charge >= 0.3 is 5.97 Å². The number of halogens is 2. The summed E-state index contributed by atoms with van der Waals surface area (Å²) in [6.07, 6.45) is 0. The van der Waals surface area contributed by atoms with Gasteiger partial charge < -0.3 is 10.8 Å². The number of nitrogen functional groups attached to an aromatic ring is 1. The average Bonchev–Trinajstić information content (AvgIpc) is 2.37. The Morgan fingerprint density at radius 3 is 2.05 bits per heavy atom. The number of carbonyl (C=O) groups excluding carboxylic acids is 1. The van der Waals surface area contributed by atoms with Gasteiger partial charge in [-0.1, -0.05) is 35.3 Å². The van der Waals surface area contributed by atoms with Crippen LogP contribution in [-0.4, -0.2) is 16.9 Å².